The van der Waals surface area contributed by atoms with Gasteiger partial charge in [-0.3, -0.25) is 0 Å². The lowest BCUT2D eigenvalue weighted by molar-refractivity contribution is 0.164. The molecule has 1 aromatic rings. The molecule has 26 heavy (non-hydrogen) atoms. The molecule has 4 N–H and O–H groups in total. The van der Waals surface area contributed by atoms with Gasteiger partial charge in [0.15, 0.2) is 0 Å². The summed E-state index contributed by atoms with van der Waals surface area (Å²) in [5.41, 5.74) is 3.00. The number of benzene rings is 1. The monoisotopic (exact) mass is 399 g/mol. The van der Waals surface area contributed by atoms with Crippen molar-refractivity contribution in [3.63, 3.8) is 0 Å². The van der Waals surface area contributed by atoms with E-state index in [1.54, 1.807) is 0 Å². The van der Waals surface area contributed by atoms with Gasteiger partial charge in [0.2, 0.25) is 10.0 Å². The van der Waals surface area contributed by atoms with Crippen molar-refractivity contribution < 1.29 is 12.6 Å². The fraction of sp³-hybridized carbons (Fsp3) is 0.667. The highest BCUT2D eigenvalue weighted by Crippen LogP contribution is 2.51. The predicted octanol–water partition coefficient (Wildman–Crippen LogP) is 1.49. The number of fused-ring (bicyclic) bond motifs is 1. The Labute approximate surface area is 159 Å². The number of primary sulfonamides is 1. The van der Waals surface area contributed by atoms with Crippen molar-refractivity contribution in [2.45, 2.75) is 56.6 Å². The Morgan fingerprint density at radius 2 is 1.96 bits per heavy atom. The first-order valence-electron chi connectivity index (χ1n) is 9.01. The third-order valence-electron chi connectivity index (χ3n) is 5.42. The zero-order valence-electron chi connectivity index (χ0n) is 15.7. The fourth-order valence-corrected chi connectivity index (χ4v) is 5.66. The molecule has 3 rings (SSSR count). The molecule has 0 bridgehead atoms. The lowest BCUT2D eigenvalue weighted by Gasteiger charge is -2.40. The van der Waals surface area contributed by atoms with E-state index in [1.807, 2.05) is 39.0 Å². The minimum Gasteiger partial charge on any atom is -0.317 e. The van der Waals surface area contributed by atoms with Crippen LogP contribution >= 0.6 is 0 Å². The van der Waals surface area contributed by atoms with E-state index in [0.717, 1.165) is 37.9 Å². The molecule has 1 aromatic carbocycles. The van der Waals surface area contributed by atoms with Gasteiger partial charge >= 0.3 is 0 Å². The molecule has 0 radical (unpaired) electrons. The van der Waals surface area contributed by atoms with Gasteiger partial charge in [0.1, 0.15) is 0 Å². The topological polar surface area (TPSA) is 101 Å². The van der Waals surface area contributed by atoms with E-state index in [-0.39, 0.29) is 22.0 Å². The Morgan fingerprint density at radius 1 is 1.31 bits per heavy atom. The number of sulfonamides is 1. The fourth-order valence-electron chi connectivity index (χ4n) is 4.07. The highest BCUT2D eigenvalue weighted by Gasteiger charge is 2.47. The molecule has 8 heteroatoms. The van der Waals surface area contributed by atoms with Gasteiger partial charge in [-0.25, -0.2) is 22.5 Å². The van der Waals surface area contributed by atoms with Crippen molar-refractivity contribution in [3.8, 4) is 0 Å². The minimum atomic E-state index is -3.58. The van der Waals surface area contributed by atoms with Crippen LogP contribution in [0, 0.1) is 5.41 Å². The van der Waals surface area contributed by atoms with Gasteiger partial charge in [-0.1, -0.05) is 18.2 Å². The second kappa shape index (κ2) is 6.98. The standard InChI is InChI=1S/C18H29N3O3S2/c1-17(2,3)25(22)21-16-15-10-13(12-26(19,23)24)4-5-14(15)11-18(16)6-8-20-9-7-18/h4-5,10,16,20-21H,6-9,11-12H2,1-3H3,(H2,19,23,24)/t16-,25-/m1/s1. The zero-order chi connectivity index (χ0) is 19.2. The lowest BCUT2D eigenvalue weighted by atomic mass is 9.73. The molecule has 1 fully saturated rings. The molecular weight excluding hydrogens is 370 g/mol. The molecule has 0 unspecified atom stereocenters. The Hall–Kier alpha value is -0.800. The number of hydrogen-bond donors (Lipinski definition) is 3. The smallest absolute Gasteiger partial charge is 0.213 e. The second-order valence-electron chi connectivity index (χ2n) is 8.56. The molecule has 2 atom stereocenters. The molecule has 0 saturated carbocycles. The van der Waals surface area contributed by atoms with Crippen molar-refractivity contribution in [3.05, 3.63) is 34.9 Å². The molecule has 6 nitrogen and oxygen atoms in total. The molecule has 1 aliphatic heterocycles. The summed E-state index contributed by atoms with van der Waals surface area (Å²) < 4.78 is 38.8. The van der Waals surface area contributed by atoms with Crippen LogP contribution in [-0.2, 0) is 33.2 Å². The van der Waals surface area contributed by atoms with E-state index in [1.165, 1.54) is 5.56 Å². The highest BCUT2D eigenvalue weighted by molar-refractivity contribution is 7.88. The van der Waals surface area contributed by atoms with Crippen molar-refractivity contribution in [1.29, 1.82) is 0 Å². The Morgan fingerprint density at radius 3 is 2.54 bits per heavy atom. The average Bonchev–Trinajstić information content (AvgIpc) is 2.79. The first-order valence-corrected chi connectivity index (χ1v) is 11.9. The van der Waals surface area contributed by atoms with Gasteiger partial charge < -0.3 is 5.32 Å². The van der Waals surface area contributed by atoms with Crippen molar-refractivity contribution >= 4 is 21.0 Å². The normalized spacial score (nSPS) is 23.8. The maximum atomic E-state index is 12.8. The molecular formula is C18H29N3O3S2. The van der Waals surface area contributed by atoms with Crippen LogP contribution in [0.3, 0.4) is 0 Å². The summed E-state index contributed by atoms with van der Waals surface area (Å²) in [4.78, 5) is 0. The average molecular weight is 400 g/mol. The van der Waals surface area contributed by atoms with Crippen LogP contribution in [0.2, 0.25) is 0 Å². The molecule has 0 aromatic heterocycles. The minimum absolute atomic E-state index is 0.0225. The first kappa shape index (κ1) is 19.9. The van der Waals surface area contributed by atoms with E-state index >= 15 is 0 Å². The molecule has 1 aliphatic carbocycles. The van der Waals surface area contributed by atoms with E-state index in [4.69, 9.17) is 5.14 Å². The largest absolute Gasteiger partial charge is 0.317 e. The number of piperidine rings is 1. The quantitative estimate of drug-likeness (QED) is 0.714. The molecule has 1 heterocycles. The van der Waals surface area contributed by atoms with Gasteiger partial charge in [0.25, 0.3) is 0 Å². The van der Waals surface area contributed by atoms with Gasteiger partial charge in [-0.15, -0.1) is 0 Å². The van der Waals surface area contributed by atoms with Crippen LogP contribution in [0.15, 0.2) is 18.2 Å². The van der Waals surface area contributed by atoms with E-state index in [0.29, 0.717) is 5.56 Å². The number of rotatable bonds is 4. The van der Waals surface area contributed by atoms with Gasteiger partial charge in [0.05, 0.1) is 27.5 Å². The summed E-state index contributed by atoms with van der Waals surface area (Å²) in [6.45, 7) is 7.76. The molecule has 0 amide bonds. The summed E-state index contributed by atoms with van der Waals surface area (Å²) in [7, 11) is -4.78. The summed E-state index contributed by atoms with van der Waals surface area (Å²) in [6.07, 6.45) is 2.94. The van der Waals surface area contributed by atoms with Crippen LogP contribution in [0.4, 0.5) is 0 Å². The van der Waals surface area contributed by atoms with E-state index in [9.17, 15) is 12.6 Å². The maximum Gasteiger partial charge on any atom is 0.213 e. The molecule has 1 spiro atoms. The summed E-state index contributed by atoms with van der Waals surface area (Å²) >= 11 is 0. The van der Waals surface area contributed by atoms with Gasteiger partial charge in [0, 0.05) is 0 Å². The van der Waals surface area contributed by atoms with Crippen LogP contribution in [0.5, 0.6) is 0 Å². The second-order valence-corrected chi connectivity index (χ2v) is 12.2. The van der Waals surface area contributed by atoms with Crippen molar-refractivity contribution in [2.75, 3.05) is 13.1 Å². The van der Waals surface area contributed by atoms with E-state index in [2.05, 4.69) is 10.0 Å². The molecule has 146 valence electrons. The van der Waals surface area contributed by atoms with Crippen LogP contribution in [0.25, 0.3) is 0 Å². The summed E-state index contributed by atoms with van der Waals surface area (Å²) in [5.74, 6) is -0.177. The summed E-state index contributed by atoms with van der Waals surface area (Å²) in [5, 5.41) is 8.63. The SMILES string of the molecule is CC(C)(C)[S@@](=O)N[C@@H]1c2cc(CS(N)(=O)=O)ccc2CC12CCNCC2. The Balaban J connectivity index is 1.99. The predicted molar refractivity (Wildman–Crippen MR) is 105 cm³/mol. The molecule has 1 saturated heterocycles. The number of nitrogens with one attached hydrogen (secondary N) is 2. The maximum absolute atomic E-state index is 12.8. The lowest BCUT2D eigenvalue weighted by Crippen LogP contribution is -2.46. The van der Waals surface area contributed by atoms with Gasteiger partial charge in [-0.2, -0.15) is 0 Å². The summed E-state index contributed by atoms with van der Waals surface area (Å²) in [6, 6.07) is 5.76. The Bertz CT molecular complexity index is 809. The number of nitrogens with two attached hydrogens (primary N) is 1. The van der Waals surface area contributed by atoms with Gasteiger partial charge in [-0.05, 0) is 75.2 Å². The van der Waals surface area contributed by atoms with Crippen molar-refractivity contribution in [1.82, 2.24) is 10.0 Å². The van der Waals surface area contributed by atoms with Crippen LogP contribution in [-0.4, -0.2) is 30.5 Å². The van der Waals surface area contributed by atoms with E-state index < -0.39 is 21.0 Å². The van der Waals surface area contributed by atoms with Crippen molar-refractivity contribution in [2.24, 2.45) is 10.6 Å². The first-order chi connectivity index (χ1) is 12.0. The Kier molecular flexibility index (Phi) is 5.35. The zero-order valence-corrected chi connectivity index (χ0v) is 17.3. The van der Waals surface area contributed by atoms with Crippen LogP contribution < -0.4 is 15.2 Å². The number of hydrogen-bond acceptors (Lipinski definition) is 4. The third-order valence-corrected chi connectivity index (χ3v) is 7.72. The highest BCUT2D eigenvalue weighted by atomic mass is 32.2. The van der Waals surface area contributed by atoms with Crippen LogP contribution in [0.1, 0.15) is 56.3 Å². The third kappa shape index (κ3) is 4.20. The molecule has 2 aliphatic rings.